The maximum Gasteiger partial charge on any atom is 0.254 e. The fraction of sp³-hybridized carbons (Fsp3) is 0.473. The van der Waals surface area contributed by atoms with E-state index >= 15 is 4.39 Å². The average Bonchev–Trinajstić information content (AvgIpc) is 3.88. The Morgan fingerprint density at radius 2 is 1.69 bits per heavy atom. The lowest BCUT2D eigenvalue weighted by Crippen LogP contribution is -2.55. The topological polar surface area (TPSA) is 212 Å². The molecule has 0 spiro atoms. The predicted molar refractivity (Wildman–Crippen MR) is 281 cm³/mol. The number of H-pyrrole nitrogens is 1. The predicted octanol–water partition coefficient (Wildman–Crippen LogP) is 7.83. The molecule has 2 aliphatic carbocycles. The molecule has 4 aliphatic rings. The Morgan fingerprint density at radius 1 is 0.880 bits per heavy atom. The number of hydrogen-bond acceptors (Lipinski definition) is 13. The third-order valence-electron chi connectivity index (χ3n) is 15.2. The molecule has 10 rings (SSSR count). The summed E-state index contributed by atoms with van der Waals surface area (Å²) in [6.45, 7) is 4.27. The van der Waals surface area contributed by atoms with E-state index in [0.29, 0.717) is 93.0 Å². The number of imidazole rings is 1. The Hall–Kier alpha value is -7.06. The van der Waals surface area contributed by atoms with Crippen LogP contribution in [0.1, 0.15) is 139 Å². The number of carbonyl (C=O) groups is 5. The first-order valence-corrected chi connectivity index (χ1v) is 27.4. The van der Waals surface area contributed by atoms with Crippen LogP contribution in [-0.4, -0.2) is 132 Å². The number of unbranched alkanes of at least 4 members (excludes halogenated alkanes) is 2. The van der Waals surface area contributed by atoms with Crippen molar-refractivity contribution in [2.45, 2.75) is 114 Å². The van der Waals surface area contributed by atoms with E-state index in [1.54, 1.807) is 78.1 Å². The largest absolute Gasteiger partial charge is 0.494 e. The van der Waals surface area contributed by atoms with Crippen LogP contribution < -0.4 is 20.7 Å². The lowest BCUT2D eigenvalue weighted by molar-refractivity contribution is -0.139. The van der Waals surface area contributed by atoms with Gasteiger partial charge in [0, 0.05) is 79.5 Å². The number of likely N-dealkylation sites (N-methyl/N-ethyl adjacent to an activating group) is 1. The molecule has 6 aromatic rings. The number of anilines is 2. The zero-order chi connectivity index (χ0) is 52.0. The van der Waals surface area contributed by atoms with Crippen molar-refractivity contribution in [3.05, 3.63) is 106 Å². The van der Waals surface area contributed by atoms with E-state index in [1.807, 2.05) is 21.6 Å². The molecule has 4 amide bonds. The first kappa shape index (κ1) is 51.4. The van der Waals surface area contributed by atoms with Crippen LogP contribution in [0.5, 0.6) is 5.75 Å². The second-order valence-corrected chi connectivity index (χ2v) is 21.2. The Morgan fingerprint density at radius 3 is 2.45 bits per heavy atom. The number of fused-ring (bicyclic) bond motifs is 1. The molecule has 2 saturated carbocycles. The smallest absolute Gasteiger partial charge is 0.254 e. The van der Waals surface area contributed by atoms with Crippen molar-refractivity contribution in [1.29, 1.82) is 0 Å². The fourth-order valence-electron chi connectivity index (χ4n) is 10.5. The van der Waals surface area contributed by atoms with Gasteiger partial charge < -0.3 is 35.4 Å². The molecule has 18 nitrogen and oxygen atoms in total. The van der Waals surface area contributed by atoms with E-state index in [1.165, 1.54) is 17.4 Å². The van der Waals surface area contributed by atoms with Gasteiger partial charge in [-0.05, 0) is 108 Å². The van der Waals surface area contributed by atoms with Crippen molar-refractivity contribution in [2.24, 2.45) is 5.92 Å². The molecule has 4 fully saturated rings. The van der Waals surface area contributed by atoms with Crippen molar-refractivity contribution in [1.82, 2.24) is 54.9 Å². The van der Waals surface area contributed by atoms with Crippen molar-refractivity contribution in [3.8, 4) is 17.0 Å². The molecule has 0 bridgehead atoms. The molecular weight excluding hydrogens is 976 g/mol. The average molecular weight is 1040 g/mol. The van der Waals surface area contributed by atoms with Crippen molar-refractivity contribution in [3.63, 3.8) is 0 Å². The number of benzene rings is 2. The molecule has 20 heteroatoms. The Labute approximate surface area is 439 Å². The van der Waals surface area contributed by atoms with Gasteiger partial charge in [0.2, 0.25) is 23.5 Å². The Kier molecular flexibility index (Phi) is 15.9. The molecule has 394 valence electrons. The minimum atomic E-state index is -0.593. The summed E-state index contributed by atoms with van der Waals surface area (Å²) in [5.74, 6) is 0.0788. The highest BCUT2D eigenvalue weighted by atomic mass is 32.1. The molecule has 2 aromatic carbocycles. The van der Waals surface area contributed by atoms with Crippen LogP contribution in [0.2, 0.25) is 0 Å². The number of ketones is 1. The summed E-state index contributed by atoms with van der Waals surface area (Å²) in [5, 5.41) is 18.6. The number of halogens is 1. The number of rotatable bonds is 20. The van der Waals surface area contributed by atoms with E-state index in [2.05, 4.69) is 31.1 Å². The first-order chi connectivity index (χ1) is 36.5. The van der Waals surface area contributed by atoms with Gasteiger partial charge in [-0.2, -0.15) is 5.10 Å². The first-order valence-electron chi connectivity index (χ1n) is 26.5. The summed E-state index contributed by atoms with van der Waals surface area (Å²) in [4.78, 5) is 87.2. The zero-order valence-corrected chi connectivity index (χ0v) is 43.4. The highest BCUT2D eigenvalue weighted by Crippen LogP contribution is 2.41. The molecule has 2 saturated heterocycles. The van der Waals surface area contributed by atoms with E-state index in [9.17, 15) is 24.0 Å². The number of hydrogen-bond donors (Lipinski definition) is 4. The van der Waals surface area contributed by atoms with Gasteiger partial charge in [0.25, 0.3) is 5.91 Å². The van der Waals surface area contributed by atoms with Gasteiger partial charge in [-0.3, -0.25) is 33.5 Å². The molecule has 6 heterocycles. The molecule has 2 aliphatic heterocycles. The van der Waals surface area contributed by atoms with Crippen molar-refractivity contribution in [2.75, 3.05) is 51.7 Å². The number of nitrogens with one attached hydrogen (secondary N) is 4. The van der Waals surface area contributed by atoms with Gasteiger partial charge in [0.15, 0.2) is 11.5 Å². The second kappa shape index (κ2) is 23.2. The fourth-order valence-corrected chi connectivity index (χ4v) is 11.5. The number of thiazole rings is 1. The van der Waals surface area contributed by atoms with Gasteiger partial charge in [0.05, 0.1) is 48.2 Å². The number of likely N-dealkylation sites (tertiary alicyclic amines) is 1. The van der Waals surface area contributed by atoms with Gasteiger partial charge in [-0.1, -0.05) is 31.4 Å². The molecule has 0 radical (unpaired) electrons. The van der Waals surface area contributed by atoms with Crippen LogP contribution in [0.25, 0.3) is 16.9 Å². The van der Waals surface area contributed by atoms with Crippen LogP contribution in [0.3, 0.4) is 0 Å². The van der Waals surface area contributed by atoms with E-state index in [-0.39, 0.29) is 52.6 Å². The van der Waals surface area contributed by atoms with Crippen molar-refractivity contribution < 1.29 is 33.1 Å². The van der Waals surface area contributed by atoms with Crippen LogP contribution in [0.4, 0.5) is 15.9 Å². The normalized spacial score (nSPS) is 18.0. The Balaban J connectivity index is 0.655. The van der Waals surface area contributed by atoms with Crippen LogP contribution in [-0.2, 0) is 14.4 Å². The third-order valence-corrected chi connectivity index (χ3v) is 16.1. The highest BCUT2D eigenvalue weighted by Gasteiger charge is 2.40. The van der Waals surface area contributed by atoms with E-state index in [0.717, 1.165) is 86.2 Å². The van der Waals surface area contributed by atoms with E-state index < -0.39 is 17.9 Å². The van der Waals surface area contributed by atoms with Crippen molar-refractivity contribution >= 4 is 57.9 Å². The number of ether oxygens (including phenoxy) is 1. The highest BCUT2D eigenvalue weighted by molar-refractivity contribution is 7.10. The quantitative estimate of drug-likeness (QED) is 0.0426. The maximum absolute atomic E-state index is 15.7. The summed E-state index contributed by atoms with van der Waals surface area (Å²) in [7, 11) is 1.73. The summed E-state index contributed by atoms with van der Waals surface area (Å²) in [6, 6.07) is 10.2. The number of aromatic amines is 1. The van der Waals surface area contributed by atoms with Gasteiger partial charge >= 0.3 is 0 Å². The molecular formula is C55H65FN12O6S. The van der Waals surface area contributed by atoms with Crippen LogP contribution >= 0.6 is 11.3 Å². The summed E-state index contributed by atoms with van der Waals surface area (Å²) in [6.07, 6.45) is 18.4. The molecule has 3 atom stereocenters. The number of aromatic nitrogens is 6. The zero-order valence-electron chi connectivity index (χ0n) is 42.6. The van der Waals surface area contributed by atoms with Gasteiger partial charge in [-0.15, -0.1) is 11.3 Å². The lowest BCUT2D eigenvalue weighted by atomic mass is 9.83. The van der Waals surface area contributed by atoms with Gasteiger partial charge in [-0.25, -0.2) is 19.3 Å². The van der Waals surface area contributed by atoms with Crippen LogP contribution in [0.15, 0.2) is 72.6 Å². The molecule has 4 N–H and O–H groups in total. The standard InChI is InChI=1S/C55H65FN12O6S/c1-34(57-2)52(71)64-48(36-11-5-3-6-12-36)55(73)67-21-10-15-45(67)53-63-44(33-75-53)49(70)37-13-9-14-40(27-37)74-26-8-4-7-16-47(69)65-22-24-66(25-23-65)54(72)38-19-20-42(41(56)28-38)61-50-51-58-31-46(39-29-59-60-30-39)68(51)32-43(62-50)35-17-18-35/h9,13-14,19-20,27-36,45,48,57H,3-8,10-12,15-18,21-26H2,1-2H3,(H,59,60)(H,61,62)(H,64,71)/t34-,45-,48-/m0/s1. The SMILES string of the molecule is CN[C@@H](C)C(=O)N[C@H](C(=O)N1CCC[C@H]1c1nc(C(=O)c2cccc(OCCCCCC(=O)N3CCN(C(=O)c4ccc(Nc5nc(C6CC6)cn6c(-c7cn[nH]c7)cnc56)c(F)c4)CC3)c2)cs1)C1CCCCC1. The molecule has 0 unspecified atom stereocenters. The second-order valence-electron chi connectivity index (χ2n) is 20.3. The number of nitrogens with zero attached hydrogens (tertiary/aromatic N) is 8. The minimum Gasteiger partial charge on any atom is -0.494 e. The summed E-state index contributed by atoms with van der Waals surface area (Å²) in [5.41, 5.74) is 4.32. The van der Waals surface area contributed by atoms with E-state index in [4.69, 9.17) is 14.7 Å². The maximum atomic E-state index is 15.7. The van der Waals surface area contributed by atoms with Crippen LogP contribution in [0, 0.1) is 11.7 Å². The number of amides is 4. The summed E-state index contributed by atoms with van der Waals surface area (Å²) < 4.78 is 23.7. The Bertz CT molecular complexity index is 3020. The number of piperazine rings is 1. The minimum absolute atomic E-state index is 0.0305. The molecule has 4 aromatic heterocycles. The van der Waals surface area contributed by atoms with Gasteiger partial charge in [0.1, 0.15) is 28.3 Å². The lowest BCUT2D eigenvalue weighted by Gasteiger charge is -2.35. The number of carbonyl (C=O) groups excluding carboxylic acids is 5. The summed E-state index contributed by atoms with van der Waals surface area (Å²) >= 11 is 1.39. The third kappa shape index (κ3) is 11.8. The monoisotopic (exact) mass is 1040 g/mol. The molecule has 75 heavy (non-hydrogen) atoms.